The fourth-order valence-corrected chi connectivity index (χ4v) is 2.28. The number of benzene rings is 2. The van der Waals surface area contributed by atoms with Crippen LogP contribution in [0.1, 0.15) is 11.3 Å². The molecule has 0 N–H and O–H groups in total. The lowest BCUT2D eigenvalue weighted by molar-refractivity contribution is 0.450. The molecule has 0 atom stereocenters. The van der Waals surface area contributed by atoms with Crippen molar-refractivity contribution in [1.82, 2.24) is 0 Å². The second-order valence-corrected chi connectivity index (χ2v) is 4.81. The van der Waals surface area contributed by atoms with Crippen LogP contribution in [-0.2, 0) is 0 Å². The largest absolute Gasteiger partial charge is 0.455 e. The first kappa shape index (κ1) is 12.1. The predicted molar refractivity (Wildman–Crippen MR) is 81.9 cm³/mol. The van der Waals surface area contributed by atoms with Gasteiger partial charge in [-0.1, -0.05) is 30.3 Å². The molecule has 19 heavy (non-hydrogen) atoms. The van der Waals surface area contributed by atoms with Gasteiger partial charge in [0.2, 0.25) is 0 Å². The van der Waals surface area contributed by atoms with E-state index >= 15 is 0 Å². The first-order valence-corrected chi connectivity index (χ1v) is 6.49. The highest BCUT2D eigenvalue weighted by molar-refractivity contribution is 7.80. The van der Waals surface area contributed by atoms with E-state index in [1.807, 2.05) is 31.2 Å². The SMILES string of the molecule is Cc1cc(C=Nc2ccc3ccccc3c2)c(S)o1. The molecule has 2 nitrogen and oxygen atoms in total. The number of nitrogens with zero attached hydrogens (tertiary/aromatic N) is 1. The molecule has 94 valence electrons. The lowest BCUT2D eigenvalue weighted by atomic mass is 10.1. The number of aryl methyl sites for hydroxylation is 1. The van der Waals surface area contributed by atoms with E-state index in [0.717, 1.165) is 17.0 Å². The highest BCUT2D eigenvalue weighted by Crippen LogP contribution is 2.22. The Balaban J connectivity index is 1.94. The summed E-state index contributed by atoms with van der Waals surface area (Å²) in [6.07, 6.45) is 1.78. The number of fused-ring (bicyclic) bond motifs is 1. The van der Waals surface area contributed by atoms with Crippen LogP contribution in [0.15, 0.2) is 63.0 Å². The van der Waals surface area contributed by atoms with Gasteiger partial charge in [-0.05, 0) is 35.9 Å². The molecule has 0 radical (unpaired) electrons. The first-order chi connectivity index (χ1) is 9.22. The Hall–Kier alpha value is -2.00. The normalized spacial score (nSPS) is 11.5. The number of hydrogen-bond acceptors (Lipinski definition) is 3. The van der Waals surface area contributed by atoms with E-state index in [1.165, 1.54) is 10.8 Å². The standard InChI is InChI=1S/C16H13NOS/c1-11-8-14(16(19)18-11)10-17-15-7-6-12-4-2-3-5-13(12)9-15/h2-10,19H,1H3. The zero-order valence-corrected chi connectivity index (χ0v) is 11.4. The van der Waals surface area contributed by atoms with E-state index < -0.39 is 0 Å². The molecule has 1 heterocycles. The average Bonchev–Trinajstić information content (AvgIpc) is 2.74. The topological polar surface area (TPSA) is 25.5 Å². The highest BCUT2D eigenvalue weighted by atomic mass is 32.1. The Kier molecular flexibility index (Phi) is 3.13. The van der Waals surface area contributed by atoms with Gasteiger partial charge in [0.1, 0.15) is 5.76 Å². The third-order valence-corrected chi connectivity index (χ3v) is 3.30. The van der Waals surface area contributed by atoms with E-state index in [2.05, 4.69) is 41.9 Å². The molecular formula is C16H13NOS. The molecule has 0 spiro atoms. The minimum Gasteiger partial charge on any atom is -0.455 e. The smallest absolute Gasteiger partial charge is 0.166 e. The van der Waals surface area contributed by atoms with Gasteiger partial charge in [-0.3, -0.25) is 4.99 Å². The summed E-state index contributed by atoms with van der Waals surface area (Å²) < 4.78 is 5.35. The van der Waals surface area contributed by atoms with Crippen molar-refractivity contribution < 1.29 is 4.42 Å². The van der Waals surface area contributed by atoms with Gasteiger partial charge >= 0.3 is 0 Å². The minimum atomic E-state index is 0.599. The fourth-order valence-electron chi connectivity index (χ4n) is 2.02. The number of furan rings is 1. The minimum absolute atomic E-state index is 0.599. The van der Waals surface area contributed by atoms with Gasteiger partial charge in [0.25, 0.3) is 0 Å². The van der Waals surface area contributed by atoms with Crippen molar-refractivity contribution in [2.75, 3.05) is 0 Å². The molecule has 3 heteroatoms. The molecule has 2 aromatic carbocycles. The van der Waals surface area contributed by atoms with Crippen molar-refractivity contribution in [3.05, 3.63) is 59.9 Å². The third kappa shape index (κ3) is 2.56. The Morgan fingerprint density at radius 1 is 1.05 bits per heavy atom. The van der Waals surface area contributed by atoms with Crippen LogP contribution in [-0.4, -0.2) is 6.21 Å². The van der Waals surface area contributed by atoms with Crippen molar-refractivity contribution in [2.24, 2.45) is 4.99 Å². The molecular weight excluding hydrogens is 254 g/mol. The monoisotopic (exact) mass is 267 g/mol. The molecule has 0 bridgehead atoms. The summed E-state index contributed by atoms with van der Waals surface area (Å²) in [7, 11) is 0. The van der Waals surface area contributed by atoms with Crippen LogP contribution in [0.3, 0.4) is 0 Å². The average molecular weight is 267 g/mol. The van der Waals surface area contributed by atoms with E-state index in [0.29, 0.717) is 5.09 Å². The van der Waals surface area contributed by atoms with Crippen molar-refractivity contribution >= 4 is 35.3 Å². The Bertz CT molecular complexity index is 758. The summed E-state index contributed by atoms with van der Waals surface area (Å²) in [5.74, 6) is 0.838. The van der Waals surface area contributed by atoms with E-state index in [4.69, 9.17) is 4.42 Å². The van der Waals surface area contributed by atoms with Crippen LogP contribution in [0.4, 0.5) is 5.69 Å². The van der Waals surface area contributed by atoms with Crippen LogP contribution in [0.2, 0.25) is 0 Å². The van der Waals surface area contributed by atoms with Crippen LogP contribution in [0.25, 0.3) is 10.8 Å². The number of thiol groups is 1. The van der Waals surface area contributed by atoms with Crippen molar-refractivity contribution in [1.29, 1.82) is 0 Å². The zero-order valence-electron chi connectivity index (χ0n) is 10.5. The Morgan fingerprint density at radius 3 is 2.58 bits per heavy atom. The summed E-state index contributed by atoms with van der Waals surface area (Å²) in [5.41, 5.74) is 1.82. The summed E-state index contributed by atoms with van der Waals surface area (Å²) >= 11 is 4.27. The molecule has 0 unspecified atom stereocenters. The van der Waals surface area contributed by atoms with Crippen LogP contribution in [0, 0.1) is 6.92 Å². The van der Waals surface area contributed by atoms with Gasteiger partial charge in [-0.15, -0.1) is 12.6 Å². The lowest BCUT2D eigenvalue weighted by Crippen LogP contribution is -1.77. The van der Waals surface area contributed by atoms with E-state index in [1.54, 1.807) is 6.21 Å². The van der Waals surface area contributed by atoms with Gasteiger partial charge in [0.15, 0.2) is 5.09 Å². The molecule has 0 saturated carbocycles. The van der Waals surface area contributed by atoms with E-state index in [9.17, 15) is 0 Å². The highest BCUT2D eigenvalue weighted by Gasteiger charge is 2.02. The summed E-state index contributed by atoms with van der Waals surface area (Å²) in [6.45, 7) is 1.90. The maximum Gasteiger partial charge on any atom is 0.166 e. The molecule has 0 amide bonds. The lowest BCUT2D eigenvalue weighted by Gasteiger charge is -1.98. The zero-order chi connectivity index (χ0) is 13.2. The van der Waals surface area contributed by atoms with Crippen LogP contribution < -0.4 is 0 Å². The molecule has 3 aromatic rings. The third-order valence-electron chi connectivity index (χ3n) is 2.95. The Morgan fingerprint density at radius 2 is 1.84 bits per heavy atom. The van der Waals surface area contributed by atoms with Gasteiger partial charge < -0.3 is 4.42 Å². The molecule has 3 rings (SSSR count). The van der Waals surface area contributed by atoms with Gasteiger partial charge in [-0.25, -0.2) is 0 Å². The fraction of sp³-hybridized carbons (Fsp3) is 0.0625. The van der Waals surface area contributed by atoms with Crippen LogP contribution in [0.5, 0.6) is 0 Å². The predicted octanol–water partition coefficient (Wildman–Crippen LogP) is 4.78. The molecule has 1 aromatic heterocycles. The first-order valence-electron chi connectivity index (χ1n) is 6.05. The summed E-state index contributed by atoms with van der Waals surface area (Å²) in [6, 6.07) is 16.3. The van der Waals surface area contributed by atoms with Gasteiger partial charge in [0, 0.05) is 11.8 Å². The number of hydrogen-bond donors (Lipinski definition) is 1. The number of aliphatic imine (C=N–C) groups is 1. The van der Waals surface area contributed by atoms with Crippen molar-refractivity contribution in [3.63, 3.8) is 0 Å². The second-order valence-electron chi connectivity index (χ2n) is 4.41. The maximum absolute atomic E-state index is 5.35. The van der Waals surface area contributed by atoms with Gasteiger partial charge in [-0.2, -0.15) is 0 Å². The van der Waals surface area contributed by atoms with E-state index in [-0.39, 0.29) is 0 Å². The molecule has 0 aliphatic heterocycles. The van der Waals surface area contributed by atoms with Crippen molar-refractivity contribution in [3.8, 4) is 0 Å². The molecule has 0 aliphatic rings. The maximum atomic E-state index is 5.35. The second kappa shape index (κ2) is 4.94. The number of rotatable bonds is 2. The summed E-state index contributed by atoms with van der Waals surface area (Å²) in [5, 5.41) is 3.00. The van der Waals surface area contributed by atoms with Gasteiger partial charge in [0.05, 0.1) is 5.69 Å². The van der Waals surface area contributed by atoms with Crippen molar-refractivity contribution in [2.45, 2.75) is 12.0 Å². The molecule has 0 saturated heterocycles. The quantitative estimate of drug-likeness (QED) is 0.524. The Labute approximate surface area is 117 Å². The summed E-state index contributed by atoms with van der Waals surface area (Å²) in [4.78, 5) is 4.47. The molecule has 0 fully saturated rings. The molecule has 0 aliphatic carbocycles. The van der Waals surface area contributed by atoms with Crippen LogP contribution >= 0.6 is 12.6 Å².